The second kappa shape index (κ2) is 22.9. The van der Waals surface area contributed by atoms with E-state index >= 15 is 0 Å². The first kappa shape index (κ1) is 54.0. The van der Waals surface area contributed by atoms with Crippen molar-refractivity contribution in [2.45, 2.75) is 180 Å². The van der Waals surface area contributed by atoms with Crippen LogP contribution >= 0.6 is 0 Å². The number of ketones is 2. The van der Waals surface area contributed by atoms with Crippen molar-refractivity contribution in [1.29, 1.82) is 0 Å². The molecular formula is C52H75N5O14. The summed E-state index contributed by atoms with van der Waals surface area (Å²) in [5.41, 5.74) is 3.70. The third kappa shape index (κ3) is 11.5. The molecule has 7 aliphatic rings. The van der Waals surface area contributed by atoms with Gasteiger partial charge in [-0.1, -0.05) is 59.1 Å². The van der Waals surface area contributed by atoms with E-state index in [9.17, 15) is 43.5 Å². The summed E-state index contributed by atoms with van der Waals surface area (Å²) < 4.78 is 31.7. The van der Waals surface area contributed by atoms with Crippen molar-refractivity contribution in [2.75, 3.05) is 26.3 Å². The number of hydrogen-bond acceptors (Lipinski definition) is 14. The normalized spacial score (nSPS) is 33.6. The van der Waals surface area contributed by atoms with Crippen LogP contribution in [0, 0.1) is 34.5 Å². The summed E-state index contributed by atoms with van der Waals surface area (Å²) >= 11 is 0. The molecule has 0 aromatic carbocycles. The van der Waals surface area contributed by atoms with Crippen LogP contribution in [0.3, 0.4) is 0 Å². The minimum atomic E-state index is -1.36. The van der Waals surface area contributed by atoms with E-state index in [1.807, 2.05) is 13.0 Å². The average Bonchev–Trinajstić information content (AvgIpc) is 3.94. The van der Waals surface area contributed by atoms with Gasteiger partial charge in [0.15, 0.2) is 29.7 Å². The number of ether oxygens (including phenoxy) is 5. The maximum atomic E-state index is 14.9. The fraction of sp³-hybridized carbons (Fsp3) is 0.731. The van der Waals surface area contributed by atoms with Crippen molar-refractivity contribution in [2.24, 2.45) is 40.2 Å². The van der Waals surface area contributed by atoms with E-state index in [0.717, 1.165) is 29.7 Å². The van der Waals surface area contributed by atoms with Crippen LogP contribution < -0.4 is 21.7 Å². The quantitative estimate of drug-likeness (QED) is 0.0555. The molecule has 19 heteroatoms. The van der Waals surface area contributed by atoms with E-state index in [1.165, 1.54) is 12.2 Å². The number of carbonyl (C=O) groups excluding carboxylic acids is 8. The number of imide groups is 1. The van der Waals surface area contributed by atoms with Gasteiger partial charge >= 0.3 is 12.0 Å². The number of unbranched alkanes of at least 4 members (excludes halogenated alkanes) is 2. The number of nitrogens with two attached hydrogens (primary N) is 1. The second-order valence-electron chi connectivity index (χ2n) is 21.4. The molecule has 13 atom stereocenters. The third-order valence-electron chi connectivity index (χ3n) is 16.4. The van der Waals surface area contributed by atoms with E-state index in [1.54, 1.807) is 26.0 Å². The van der Waals surface area contributed by atoms with Gasteiger partial charge in [-0.05, 0) is 107 Å². The number of urea groups is 1. The summed E-state index contributed by atoms with van der Waals surface area (Å²) in [7, 11) is 0. The number of aliphatic hydroxyl groups is 1. The number of aliphatic hydroxyl groups excluding tert-OH is 1. The first-order valence-corrected chi connectivity index (χ1v) is 25.9. The Labute approximate surface area is 416 Å². The van der Waals surface area contributed by atoms with Gasteiger partial charge in [0.1, 0.15) is 25.3 Å². The molecule has 7 rings (SSSR count). The Balaban J connectivity index is 0.935. The minimum Gasteiger partial charge on any atom is -0.461 e. The lowest BCUT2D eigenvalue weighted by atomic mass is 9.46. The van der Waals surface area contributed by atoms with Gasteiger partial charge in [0.05, 0.1) is 18.3 Å². The number of amides is 6. The molecule has 5 fully saturated rings. The summed E-state index contributed by atoms with van der Waals surface area (Å²) in [5, 5.41) is 20.1. The van der Waals surface area contributed by atoms with Crippen LogP contribution in [0.25, 0.3) is 0 Å². The maximum Gasteiger partial charge on any atom is 0.328 e. The van der Waals surface area contributed by atoms with Gasteiger partial charge in [0, 0.05) is 48.4 Å². The molecule has 6 amide bonds. The highest BCUT2D eigenvalue weighted by Crippen LogP contribution is 2.69. The fourth-order valence-electron chi connectivity index (χ4n) is 12.9. The van der Waals surface area contributed by atoms with E-state index in [-0.39, 0.29) is 98.5 Å². The molecule has 19 nitrogen and oxygen atoms in total. The number of carbonyl (C=O) groups is 8. The maximum absolute atomic E-state index is 14.9. The van der Waals surface area contributed by atoms with Crippen LogP contribution in [-0.4, -0.2) is 132 Å². The highest BCUT2D eigenvalue weighted by atomic mass is 16.7. The first-order valence-electron chi connectivity index (χ1n) is 25.9. The molecule has 0 bridgehead atoms. The molecule has 71 heavy (non-hydrogen) atoms. The van der Waals surface area contributed by atoms with Gasteiger partial charge in [-0.25, -0.2) is 9.59 Å². The third-order valence-corrected chi connectivity index (χ3v) is 16.4. The number of nitrogens with zero attached hydrogens (tertiary/aromatic N) is 1. The largest absolute Gasteiger partial charge is 0.461 e. The molecule has 392 valence electrons. The lowest BCUT2D eigenvalue weighted by molar-refractivity contribution is -0.220. The van der Waals surface area contributed by atoms with Gasteiger partial charge in [-0.3, -0.25) is 33.7 Å². The van der Waals surface area contributed by atoms with Crippen LogP contribution in [0.5, 0.6) is 0 Å². The highest BCUT2D eigenvalue weighted by molar-refractivity contribution is 6.12. The Hall–Kier alpha value is -4.82. The standard InChI is InChI=1S/C52H75N5O14/c1-6-12-44-70-39-26-35-34-18-17-31-25-32(58)21-22-50(31,4)45(34)37(59)27-51(35,5)52(39,71-44)38(60)29-67-43-16-10-13-33(69-43)28-68-48(65)36(14-11-23-54-49(53)66)55-47(64)46(30(2)3)56-40(61)15-8-7-9-24-57-41(62)19-20-42(57)63/h19-22,25,30,33-37,39,43-46,59H,6-18,23-24,26-29H2,1-5H3,(H,55,64)(H,56,61)(H3,53,54,66)/t33?,34-,35?,36-,37-,39+,43?,44?,45+,46-,50-,51-,52+/m0/s1. The van der Waals surface area contributed by atoms with E-state index in [0.29, 0.717) is 57.8 Å². The lowest BCUT2D eigenvalue weighted by Crippen LogP contribution is -2.63. The molecule has 6 N–H and O–H groups in total. The summed E-state index contributed by atoms with van der Waals surface area (Å²) in [6.07, 6.45) is 12.1. The topological polar surface area (TPSA) is 268 Å². The van der Waals surface area contributed by atoms with E-state index in [4.69, 9.17) is 29.4 Å². The zero-order valence-corrected chi connectivity index (χ0v) is 42.0. The molecule has 2 saturated heterocycles. The van der Waals surface area contributed by atoms with Gasteiger partial charge in [-0.15, -0.1) is 0 Å². The van der Waals surface area contributed by atoms with Gasteiger partial charge < -0.3 is 50.5 Å². The number of esters is 1. The number of fused-ring (bicyclic) bond motifs is 7. The zero-order valence-electron chi connectivity index (χ0n) is 42.0. The minimum absolute atomic E-state index is 0.0128. The summed E-state index contributed by atoms with van der Waals surface area (Å²) in [6, 6.07) is -2.86. The van der Waals surface area contributed by atoms with Gasteiger partial charge in [0.2, 0.25) is 11.8 Å². The highest BCUT2D eigenvalue weighted by Gasteiger charge is 2.75. The van der Waals surface area contributed by atoms with Crippen LogP contribution in [0.2, 0.25) is 0 Å². The zero-order chi connectivity index (χ0) is 51.3. The molecule has 0 aromatic heterocycles. The van der Waals surface area contributed by atoms with Gasteiger partial charge in [-0.2, -0.15) is 0 Å². The average molecular weight is 994 g/mol. The van der Waals surface area contributed by atoms with Crippen LogP contribution in [0.15, 0.2) is 36.0 Å². The Morgan fingerprint density at radius 2 is 1.73 bits per heavy atom. The molecule has 0 aromatic rings. The molecule has 4 unspecified atom stereocenters. The molecular weight excluding hydrogens is 919 g/mol. The molecule has 3 saturated carbocycles. The fourth-order valence-corrected chi connectivity index (χ4v) is 12.9. The van der Waals surface area contributed by atoms with Gasteiger partial charge in [0.25, 0.3) is 11.8 Å². The van der Waals surface area contributed by atoms with Crippen molar-refractivity contribution in [3.63, 3.8) is 0 Å². The summed E-state index contributed by atoms with van der Waals surface area (Å²) in [4.78, 5) is 104. The number of hydrogen-bond donors (Lipinski definition) is 5. The monoisotopic (exact) mass is 994 g/mol. The van der Waals surface area contributed by atoms with Crippen molar-refractivity contribution in [3.8, 4) is 0 Å². The number of primary amides is 1. The van der Waals surface area contributed by atoms with Crippen LogP contribution in [-0.2, 0) is 57.2 Å². The Kier molecular flexibility index (Phi) is 17.4. The Morgan fingerprint density at radius 3 is 2.45 bits per heavy atom. The van der Waals surface area contributed by atoms with E-state index < -0.39 is 77.3 Å². The van der Waals surface area contributed by atoms with Crippen molar-refractivity contribution in [3.05, 3.63) is 36.0 Å². The molecule has 0 radical (unpaired) electrons. The Morgan fingerprint density at radius 1 is 0.972 bits per heavy atom. The van der Waals surface area contributed by atoms with E-state index in [2.05, 4.69) is 29.8 Å². The van der Waals surface area contributed by atoms with Crippen LogP contribution in [0.1, 0.15) is 131 Å². The number of Topliss-reactive ketones (excluding diaryl/α,β-unsaturated/α-hetero) is 1. The Bertz CT molecular complexity index is 2130. The predicted molar refractivity (Wildman–Crippen MR) is 255 cm³/mol. The summed E-state index contributed by atoms with van der Waals surface area (Å²) in [6.45, 7) is 9.65. The lowest BCUT2D eigenvalue weighted by Gasteiger charge is -2.59. The number of nitrogens with one attached hydrogen (secondary N) is 3. The number of rotatable bonds is 23. The van der Waals surface area contributed by atoms with Crippen molar-refractivity contribution in [1.82, 2.24) is 20.9 Å². The second-order valence-corrected chi connectivity index (χ2v) is 21.4. The molecule has 3 aliphatic heterocycles. The van der Waals surface area contributed by atoms with Crippen molar-refractivity contribution >= 4 is 47.2 Å². The van der Waals surface area contributed by atoms with Crippen LogP contribution in [0.4, 0.5) is 4.79 Å². The molecule has 4 aliphatic carbocycles. The van der Waals surface area contributed by atoms with Crippen molar-refractivity contribution < 1.29 is 67.1 Å². The SMILES string of the molecule is CCCC1O[C@@H]2CC3[C@@H]4CCC5=CC(=O)C=C[C@]5(C)[C@H]4[C@@H](O)C[C@]3(C)[C@]2(C(=O)COC2CCCC(COC(=O)[C@H](CCCNC(N)=O)NC(=O)[C@@H](NC(=O)CCCCCN3C(=O)C=CC3=O)C(C)C)O2)O1. The molecule has 3 heterocycles. The number of allylic oxidation sites excluding steroid dienone is 4. The predicted octanol–water partition coefficient (Wildman–Crippen LogP) is 3.74. The summed E-state index contributed by atoms with van der Waals surface area (Å²) in [5.74, 6) is -3.11. The smallest absolute Gasteiger partial charge is 0.328 e. The molecule has 0 spiro atoms. The first-order chi connectivity index (χ1) is 33.8.